The first-order chi connectivity index (χ1) is 7.17. The molecule has 15 heavy (non-hydrogen) atoms. The van der Waals surface area contributed by atoms with Gasteiger partial charge in [0.15, 0.2) is 0 Å². The molecule has 1 aromatic heterocycles. The lowest BCUT2D eigenvalue weighted by atomic mass is 10.3. The highest BCUT2D eigenvalue weighted by atomic mass is 32.2. The van der Waals surface area contributed by atoms with Gasteiger partial charge in [-0.2, -0.15) is 16.9 Å². The summed E-state index contributed by atoms with van der Waals surface area (Å²) in [5, 5.41) is 8.54. The van der Waals surface area contributed by atoms with Crippen LogP contribution in [-0.4, -0.2) is 27.8 Å². The molecule has 3 nitrogen and oxygen atoms in total. The zero-order valence-electron chi connectivity index (χ0n) is 10.1. The Kier molecular flexibility index (Phi) is 5.19. The van der Waals surface area contributed by atoms with Crippen LogP contribution in [0.15, 0.2) is 6.07 Å². The summed E-state index contributed by atoms with van der Waals surface area (Å²) in [6.07, 6.45) is 3.15. The molecule has 0 aliphatic rings. The minimum Gasteiger partial charge on any atom is -0.310 e. The lowest BCUT2D eigenvalue weighted by Gasteiger charge is -2.09. The first-order valence-corrected chi connectivity index (χ1v) is 6.71. The average Bonchev–Trinajstić information content (AvgIpc) is 2.59. The zero-order chi connectivity index (χ0) is 11.3. The van der Waals surface area contributed by atoms with Crippen molar-refractivity contribution in [1.29, 1.82) is 0 Å². The summed E-state index contributed by atoms with van der Waals surface area (Å²) in [6.45, 7) is 6.33. The fraction of sp³-hybridized carbons (Fsp3) is 0.727. The molecule has 0 radical (unpaired) electrons. The molecule has 0 spiro atoms. The Morgan fingerprint density at radius 2 is 2.33 bits per heavy atom. The Labute approximate surface area is 96.6 Å². The van der Waals surface area contributed by atoms with Gasteiger partial charge in [-0.1, -0.05) is 13.8 Å². The van der Waals surface area contributed by atoms with Gasteiger partial charge in [0.2, 0.25) is 0 Å². The Morgan fingerprint density at radius 3 is 2.87 bits per heavy atom. The number of rotatable bonds is 6. The van der Waals surface area contributed by atoms with E-state index in [9.17, 15) is 0 Å². The van der Waals surface area contributed by atoms with Crippen molar-refractivity contribution in [3.63, 3.8) is 0 Å². The highest BCUT2D eigenvalue weighted by Gasteiger charge is 2.04. The molecule has 86 valence electrons. The lowest BCUT2D eigenvalue weighted by Crippen LogP contribution is -2.23. The SMILES string of the molecule is CCc1cc(CNCC(C)SC)n(C)n1. The predicted octanol–water partition coefficient (Wildman–Crippen LogP) is 1.82. The second kappa shape index (κ2) is 6.18. The molecule has 1 rings (SSSR count). The van der Waals surface area contributed by atoms with Gasteiger partial charge in [-0.05, 0) is 18.7 Å². The highest BCUT2D eigenvalue weighted by molar-refractivity contribution is 7.99. The third-order valence-corrected chi connectivity index (χ3v) is 3.50. The molecule has 0 aliphatic carbocycles. The molecular formula is C11H21N3S. The van der Waals surface area contributed by atoms with Crippen LogP contribution in [0.25, 0.3) is 0 Å². The van der Waals surface area contributed by atoms with E-state index in [2.05, 4.69) is 36.6 Å². The lowest BCUT2D eigenvalue weighted by molar-refractivity contribution is 0.622. The van der Waals surface area contributed by atoms with Crippen LogP contribution < -0.4 is 5.32 Å². The summed E-state index contributed by atoms with van der Waals surface area (Å²) >= 11 is 1.89. The van der Waals surface area contributed by atoms with Gasteiger partial charge in [0.05, 0.1) is 11.4 Å². The number of hydrogen-bond donors (Lipinski definition) is 1. The van der Waals surface area contributed by atoms with Crippen molar-refractivity contribution >= 4 is 11.8 Å². The van der Waals surface area contributed by atoms with Crippen molar-refractivity contribution in [2.45, 2.75) is 32.1 Å². The normalized spacial score (nSPS) is 13.1. The number of nitrogens with zero attached hydrogens (tertiary/aromatic N) is 2. The van der Waals surface area contributed by atoms with Gasteiger partial charge >= 0.3 is 0 Å². The molecule has 4 heteroatoms. The van der Waals surface area contributed by atoms with Crippen LogP contribution in [-0.2, 0) is 20.0 Å². The number of hydrogen-bond acceptors (Lipinski definition) is 3. The Morgan fingerprint density at radius 1 is 1.60 bits per heavy atom. The van der Waals surface area contributed by atoms with Crippen molar-refractivity contribution in [2.24, 2.45) is 7.05 Å². The second-order valence-electron chi connectivity index (χ2n) is 3.78. The van der Waals surface area contributed by atoms with Crippen LogP contribution >= 0.6 is 11.8 Å². The number of aryl methyl sites for hydroxylation is 2. The minimum atomic E-state index is 0.670. The van der Waals surface area contributed by atoms with Gasteiger partial charge in [0.25, 0.3) is 0 Å². The molecule has 0 saturated carbocycles. The summed E-state index contributed by atoms with van der Waals surface area (Å²) in [5.74, 6) is 0. The van der Waals surface area contributed by atoms with E-state index in [1.165, 1.54) is 11.4 Å². The van der Waals surface area contributed by atoms with E-state index in [4.69, 9.17) is 0 Å². The molecule has 1 atom stereocenters. The van der Waals surface area contributed by atoms with Gasteiger partial charge in [-0.25, -0.2) is 0 Å². The van der Waals surface area contributed by atoms with Crippen molar-refractivity contribution in [1.82, 2.24) is 15.1 Å². The van der Waals surface area contributed by atoms with Crippen molar-refractivity contribution in [2.75, 3.05) is 12.8 Å². The molecule has 0 saturated heterocycles. The van der Waals surface area contributed by atoms with Crippen LogP contribution in [0.2, 0.25) is 0 Å². The summed E-state index contributed by atoms with van der Waals surface area (Å²) in [7, 11) is 2.01. The van der Waals surface area contributed by atoms with Crippen LogP contribution in [0, 0.1) is 0 Å². The van der Waals surface area contributed by atoms with Crippen LogP contribution in [0.1, 0.15) is 25.2 Å². The van der Waals surface area contributed by atoms with Gasteiger partial charge in [-0.3, -0.25) is 4.68 Å². The topological polar surface area (TPSA) is 29.9 Å². The quantitative estimate of drug-likeness (QED) is 0.804. The van der Waals surface area contributed by atoms with E-state index < -0.39 is 0 Å². The van der Waals surface area contributed by atoms with Crippen molar-refractivity contribution in [3.05, 3.63) is 17.5 Å². The maximum Gasteiger partial charge on any atom is 0.0625 e. The largest absolute Gasteiger partial charge is 0.310 e. The molecular weight excluding hydrogens is 206 g/mol. The summed E-state index contributed by atoms with van der Waals surface area (Å²) in [5.41, 5.74) is 2.44. The van der Waals surface area contributed by atoms with Gasteiger partial charge in [0, 0.05) is 25.4 Å². The smallest absolute Gasteiger partial charge is 0.0625 e. The maximum absolute atomic E-state index is 4.42. The Hall–Kier alpha value is -0.480. The summed E-state index contributed by atoms with van der Waals surface area (Å²) in [6, 6.07) is 2.18. The van der Waals surface area contributed by atoms with Crippen LogP contribution in [0.5, 0.6) is 0 Å². The first-order valence-electron chi connectivity index (χ1n) is 5.42. The maximum atomic E-state index is 4.42. The van der Waals surface area contributed by atoms with Crippen molar-refractivity contribution in [3.8, 4) is 0 Å². The molecule has 1 heterocycles. The Bertz CT molecular complexity index is 296. The average molecular weight is 227 g/mol. The molecule has 0 fully saturated rings. The third-order valence-electron chi connectivity index (χ3n) is 2.53. The monoisotopic (exact) mass is 227 g/mol. The van der Waals surface area contributed by atoms with Gasteiger partial charge < -0.3 is 5.32 Å². The van der Waals surface area contributed by atoms with E-state index in [0.29, 0.717) is 5.25 Å². The molecule has 0 bridgehead atoms. The number of thioether (sulfide) groups is 1. The van der Waals surface area contributed by atoms with E-state index in [-0.39, 0.29) is 0 Å². The first kappa shape index (κ1) is 12.6. The molecule has 0 aliphatic heterocycles. The van der Waals surface area contributed by atoms with E-state index >= 15 is 0 Å². The molecule has 0 aromatic carbocycles. The fourth-order valence-electron chi connectivity index (χ4n) is 1.40. The molecule has 1 N–H and O–H groups in total. The predicted molar refractivity (Wildman–Crippen MR) is 67.3 cm³/mol. The summed E-state index contributed by atoms with van der Waals surface area (Å²) in [4.78, 5) is 0. The highest BCUT2D eigenvalue weighted by Crippen LogP contribution is 2.05. The fourth-order valence-corrected chi connectivity index (χ4v) is 1.68. The second-order valence-corrected chi connectivity index (χ2v) is 5.06. The van der Waals surface area contributed by atoms with Gasteiger partial charge in [0.1, 0.15) is 0 Å². The van der Waals surface area contributed by atoms with E-state index in [0.717, 1.165) is 19.5 Å². The zero-order valence-corrected chi connectivity index (χ0v) is 10.9. The molecule has 1 aromatic rings. The van der Waals surface area contributed by atoms with E-state index in [1.807, 2.05) is 23.5 Å². The van der Waals surface area contributed by atoms with Gasteiger partial charge in [-0.15, -0.1) is 0 Å². The Balaban J connectivity index is 2.40. The van der Waals surface area contributed by atoms with Crippen LogP contribution in [0.4, 0.5) is 0 Å². The third kappa shape index (κ3) is 3.87. The number of nitrogens with one attached hydrogen (secondary N) is 1. The minimum absolute atomic E-state index is 0.670. The van der Waals surface area contributed by atoms with E-state index in [1.54, 1.807) is 0 Å². The van der Waals surface area contributed by atoms with Crippen LogP contribution in [0.3, 0.4) is 0 Å². The molecule has 1 unspecified atom stereocenters. The standard InChI is InChI=1S/C11H21N3S/c1-5-10-6-11(14(3)13-10)8-12-7-9(2)15-4/h6,9,12H,5,7-8H2,1-4H3. The van der Waals surface area contributed by atoms with Crippen molar-refractivity contribution < 1.29 is 0 Å². The number of aromatic nitrogens is 2. The summed E-state index contributed by atoms with van der Waals surface area (Å²) < 4.78 is 1.97. The molecule has 0 amide bonds.